The maximum Gasteiger partial charge on any atom is 0.294 e. The van der Waals surface area contributed by atoms with Crippen molar-refractivity contribution in [2.24, 2.45) is 4.40 Å². The first-order chi connectivity index (χ1) is 11.5. The van der Waals surface area contributed by atoms with Crippen LogP contribution in [0, 0.1) is 12.3 Å². The third-order valence-electron chi connectivity index (χ3n) is 3.16. The topological polar surface area (TPSA) is 60.7 Å². The minimum absolute atomic E-state index is 0.210. The van der Waals surface area contributed by atoms with Gasteiger partial charge in [-0.3, -0.25) is 0 Å². The molecule has 1 aromatic carbocycles. The Balaban J connectivity index is 2.21. The lowest BCUT2D eigenvalue weighted by Crippen LogP contribution is -2.16. The Bertz CT molecular complexity index is 1070. The Morgan fingerprint density at radius 1 is 1.38 bits per heavy atom. The van der Waals surface area contributed by atoms with Crippen LogP contribution in [0.4, 0.5) is 0 Å². The summed E-state index contributed by atoms with van der Waals surface area (Å²) in [4.78, 5) is 0.352. The zero-order valence-electron chi connectivity index (χ0n) is 12.8. The molecule has 5 nitrogen and oxygen atoms in total. The molecule has 0 aliphatic heterocycles. The number of thiazole rings is 1. The van der Waals surface area contributed by atoms with Crippen LogP contribution in [-0.2, 0) is 16.6 Å². The molecular formula is C16H14N2O3S3. The number of fused-ring (bicyclic) bond motifs is 1. The lowest BCUT2D eigenvalue weighted by Gasteiger charge is -2.03. The third kappa shape index (κ3) is 3.24. The van der Waals surface area contributed by atoms with Crippen LogP contribution in [0.1, 0.15) is 6.92 Å². The summed E-state index contributed by atoms with van der Waals surface area (Å²) in [6.07, 6.45) is 5.44. The van der Waals surface area contributed by atoms with Gasteiger partial charge in [0.1, 0.15) is 9.96 Å². The summed E-state index contributed by atoms with van der Waals surface area (Å²) in [6, 6.07) is 8.79. The van der Waals surface area contributed by atoms with Crippen molar-refractivity contribution in [1.82, 2.24) is 4.57 Å². The van der Waals surface area contributed by atoms with Crippen LogP contribution in [-0.4, -0.2) is 19.6 Å². The average Bonchev–Trinajstić information content (AvgIpc) is 3.17. The van der Waals surface area contributed by atoms with Gasteiger partial charge >= 0.3 is 0 Å². The maximum atomic E-state index is 12.4. The first-order valence-corrected chi connectivity index (χ1v) is 10.2. The van der Waals surface area contributed by atoms with Crippen molar-refractivity contribution >= 4 is 42.9 Å². The number of hydrogen-bond acceptors (Lipinski definition) is 5. The summed E-state index contributed by atoms with van der Waals surface area (Å²) in [5.41, 5.74) is 0.835. The highest BCUT2D eigenvalue weighted by Crippen LogP contribution is 2.24. The Labute approximate surface area is 147 Å². The van der Waals surface area contributed by atoms with E-state index in [2.05, 4.69) is 10.3 Å². The van der Waals surface area contributed by atoms with Gasteiger partial charge in [0, 0.05) is 0 Å². The smallest absolute Gasteiger partial charge is 0.294 e. The molecule has 0 aliphatic carbocycles. The molecule has 0 unspecified atom stereocenters. The summed E-state index contributed by atoms with van der Waals surface area (Å²) >= 11 is 2.41. The molecule has 0 amide bonds. The van der Waals surface area contributed by atoms with Gasteiger partial charge in [-0.2, -0.15) is 8.42 Å². The van der Waals surface area contributed by atoms with Gasteiger partial charge in [0.2, 0.25) is 4.80 Å². The summed E-state index contributed by atoms with van der Waals surface area (Å²) in [5, 5.41) is 1.71. The Morgan fingerprint density at radius 3 is 2.88 bits per heavy atom. The molecule has 0 bridgehead atoms. The van der Waals surface area contributed by atoms with E-state index in [9.17, 15) is 8.42 Å². The van der Waals surface area contributed by atoms with Gasteiger partial charge in [0.05, 0.1) is 23.4 Å². The number of sulfonamides is 1. The molecule has 3 rings (SSSR count). The SMILES string of the molecule is C#CCn1/c(=N/S(=O)(=O)c2cccs2)sc2cc(OCC)ccc21. The molecule has 0 saturated carbocycles. The van der Waals surface area contributed by atoms with Crippen LogP contribution >= 0.6 is 22.7 Å². The van der Waals surface area contributed by atoms with E-state index in [1.165, 1.54) is 17.4 Å². The Hall–Kier alpha value is -2.08. The fourth-order valence-electron chi connectivity index (χ4n) is 2.18. The summed E-state index contributed by atoms with van der Waals surface area (Å²) in [7, 11) is -3.75. The van der Waals surface area contributed by atoms with Crippen molar-refractivity contribution in [3.05, 3.63) is 40.5 Å². The van der Waals surface area contributed by atoms with Crippen molar-refractivity contribution in [3.8, 4) is 18.1 Å². The number of nitrogens with zero attached hydrogens (tertiary/aromatic N) is 2. The Kier molecular flexibility index (Phi) is 4.76. The molecule has 0 fully saturated rings. The molecule has 24 heavy (non-hydrogen) atoms. The van der Waals surface area contributed by atoms with Gasteiger partial charge in [-0.05, 0) is 36.6 Å². The standard InChI is InChI=1S/C16H14N2O3S3/c1-3-9-18-13-8-7-12(21-4-2)11-14(13)23-16(18)17-24(19,20)15-6-5-10-22-15/h1,5-8,10-11H,4,9H2,2H3/b17-16-. The minimum atomic E-state index is -3.75. The molecule has 2 heterocycles. The molecule has 0 N–H and O–H groups in total. The van der Waals surface area contributed by atoms with E-state index < -0.39 is 10.0 Å². The van der Waals surface area contributed by atoms with Gasteiger partial charge in [0.15, 0.2) is 0 Å². The van der Waals surface area contributed by atoms with Crippen LogP contribution in [0.2, 0.25) is 0 Å². The summed E-state index contributed by atoms with van der Waals surface area (Å²) in [5.74, 6) is 3.28. The zero-order valence-corrected chi connectivity index (χ0v) is 15.2. The van der Waals surface area contributed by atoms with E-state index >= 15 is 0 Å². The average molecular weight is 379 g/mol. The zero-order chi connectivity index (χ0) is 17.2. The lowest BCUT2D eigenvalue weighted by atomic mass is 10.3. The van der Waals surface area contributed by atoms with Crippen molar-refractivity contribution in [2.75, 3.05) is 6.61 Å². The number of aromatic nitrogens is 1. The van der Waals surface area contributed by atoms with Crippen LogP contribution in [0.3, 0.4) is 0 Å². The molecule has 2 aromatic heterocycles. The van der Waals surface area contributed by atoms with Gasteiger partial charge in [-0.1, -0.05) is 23.3 Å². The van der Waals surface area contributed by atoms with Crippen molar-refractivity contribution in [3.63, 3.8) is 0 Å². The van der Waals surface area contributed by atoms with E-state index in [1.54, 1.807) is 16.0 Å². The van der Waals surface area contributed by atoms with Gasteiger partial charge in [-0.25, -0.2) is 0 Å². The van der Waals surface area contributed by atoms with Crippen molar-refractivity contribution < 1.29 is 13.2 Å². The second kappa shape index (κ2) is 6.81. The van der Waals surface area contributed by atoms with Crippen molar-refractivity contribution in [2.45, 2.75) is 17.7 Å². The number of thiophene rings is 1. The summed E-state index contributed by atoms with van der Waals surface area (Å²) in [6.45, 7) is 2.71. The third-order valence-corrected chi connectivity index (χ3v) is 6.96. The molecule has 0 atom stereocenters. The second-order valence-corrected chi connectivity index (χ2v) is 8.52. The molecular weight excluding hydrogens is 364 g/mol. The lowest BCUT2D eigenvalue weighted by molar-refractivity contribution is 0.341. The van der Waals surface area contributed by atoms with Crippen LogP contribution in [0.15, 0.2) is 44.3 Å². The number of hydrogen-bond donors (Lipinski definition) is 0. The molecule has 0 radical (unpaired) electrons. The number of benzene rings is 1. The van der Waals surface area contributed by atoms with Crippen LogP contribution < -0.4 is 9.54 Å². The number of terminal acetylenes is 1. The van der Waals surface area contributed by atoms with Gasteiger partial charge < -0.3 is 9.30 Å². The van der Waals surface area contributed by atoms with E-state index in [-0.39, 0.29) is 10.8 Å². The molecule has 0 aliphatic rings. The Morgan fingerprint density at radius 2 is 2.21 bits per heavy atom. The minimum Gasteiger partial charge on any atom is -0.494 e. The predicted molar refractivity (Wildman–Crippen MR) is 96.9 cm³/mol. The molecule has 3 aromatic rings. The number of ether oxygens (including phenoxy) is 1. The second-order valence-electron chi connectivity index (χ2n) is 4.74. The number of rotatable bonds is 5. The highest BCUT2D eigenvalue weighted by molar-refractivity contribution is 7.92. The van der Waals surface area contributed by atoms with Gasteiger partial charge in [0.25, 0.3) is 10.0 Å². The molecule has 0 saturated heterocycles. The monoisotopic (exact) mass is 378 g/mol. The largest absolute Gasteiger partial charge is 0.494 e. The first kappa shape index (κ1) is 16.8. The van der Waals surface area contributed by atoms with E-state index in [1.807, 2.05) is 25.1 Å². The van der Waals surface area contributed by atoms with E-state index in [0.29, 0.717) is 11.4 Å². The fraction of sp³-hybridized carbons (Fsp3) is 0.188. The molecule has 124 valence electrons. The fourth-order valence-corrected chi connectivity index (χ4v) is 5.41. The normalized spacial score (nSPS) is 12.4. The quantitative estimate of drug-likeness (QED) is 0.641. The van der Waals surface area contributed by atoms with Crippen LogP contribution in [0.5, 0.6) is 5.75 Å². The van der Waals surface area contributed by atoms with E-state index in [0.717, 1.165) is 27.3 Å². The van der Waals surface area contributed by atoms with E-state index in [4.69, 9.17) is 11.2 Å². The predicted octanol–water partition coefficient (Wildman–Crippen LogP) is 3.09. The highest BCUT2D eigenvalue weighted by atomic mass is 32.2. The highest BCUT2D eigenvalue weighted by Gasteiger charge is 2.15. The van der Waals surface area contributed by atoms with Gasteiger partial charge in [-0.15, -0.1) is 22.2 Å². The molecule has 8 heteroatoms. The maximum absolute atomic E-state index is 12.4. The first-order valence-electron chi connectivity index (χ1n) is 7.09. The summed E-state index contributed by atoms with van der Waals surface area (Å²) < 4.78 is 37.1. The molecule has 0 spiro atoms. The van der Waals surface area contributed by atoms with Crippen molar-refractivity contribution in [1.29, 1.82) is 0 Å². The van der Waals surface area contributed by atoms with Crippen LogP contribution in [0.25, 0.3) is 10.2 Å².